The van der Waals surface area contributed by atoms with Crippen LogP contribution in [0.5, 0.6) is 0 Å². The maximum atomic E-state index is 3.73. The first kappa shape index (κ1) is 14.9. The fourth-order valence-electron chi connectivity index (χ4n) is 2.86. The maximum Gasteiger partial charge on any atom is 0.0106 e. The molecule has 0 aromatic heterocycles. The van der Waals surface area contributed by atoms with Crippen LogP contribution in [0.1, 0.15) is 43.7 Å². The van der Waals surface area contributed by atoms with Crippen LogP contribution < -0.4 is 5.32 Å². The van der Waals surface area contributed by atoms with E-state index in [1.54, 1.807) is 0 Å². The van der Waals surface area contributed by atoms with Crippen molar-refractivity contribution in [2.75, 3.05) is 12.3 Å². The lowest BCUT2D eigenvalue weighted by atomic mass is 9.87. The van der Waals surface area contributed by atoms with Gasteiger partial charge in [0.15, 0.2) is 0 Å². The van der Waals surface area contributed by atoms with Crippen molar-refractivity contribution < 1.29 is 0 Å². The van der Waals surface area contributed by atoms with Gasteiger partial charge in [-0.1, -0.05) is 25.8 Å². The molecule has 1 fully saturated rings. The molecule has 2 rings (SSSR count). The normalized spacial score (nSPS) is 23.5. The molecule has 1 saturated carbocycles. The molecule has 1 aliphatic rings. The van der Waals surface area contributed by atoms with Crippen molar-refractivity contribution >= 4 is 11.8 Å². The molecular weight excluding hydrogens is 250 g/mol. The second kappa shape index (κ2) is 7.35. The molecule has 106 valence electrons. The van der Waals surface area contributed by atoms with Crippen molar-refractivity contribution in [3.05, 3.63) is 29.3 Å². The summed E-state index contributed by atoms with van der Waals surface area (Å²) >= 11 is 1.97. The van der Waals surface area contributed by atoms with E-state index >= 15 is 0 Å². The summed E-state index contributed by atoms with van der Waals surface area (Å²) in [5, 5.41) is 3.73. The van der Waals surface area contributed by atoms with Crippen LogP contribution in [0.2, 0.25) is 0 Å². The highest BCUT2D eigenvalue weighted by molar-refractivity contribution is 7.99. The fourth-order valence-corrected chi connectivity index (χ4v) is 3.74. The minimum atomic E-state index is 0.768. The van der Waals surface area contributed by atoms with E-state index in [0.29, 0.717) is 0 Å². The molecule has 0 heterocycles. The van der Waals surface area contributed by atoms with Gasteiger partial charge < -0.3 is 5.32 Å². The quantitative estimate of drug-likeness (QED) is 0.625. The summed E-state index contributed by atoms with van der Waals surface area (Å²) in [5.74, 6) is 2.09. The van der Waals surface area contributed by atoms with Crippen LogP contribution >= 0.6 is 11.8 Å². The van der Waals surface area contributed by atoms with Crippen LogP contribution in [0.15, 0.2) is 23.1 Å². The Morgan fingerprint density at radius 3 is 2.79 bits per heavy atom. The molecule has 1 aromatic carbocycles. The molecule has 1 nitrogen and oxygen atoms in total. The monoisotopic (exact) mass is 277 g/mol. The molecule has 2 heteroatoms. The van der Waals surface area contributed by atoms with Crippen LogP contribution in [0.4, 0.5) is 0 Å². The summed E-state index contributed by atoms with van der Waals surface area (Å²) in [5.41, 5.74) is 2.79. The van der Waals surface area contributed by atoms with Crippen molar-refractivity contribution in [3.8, 4) is 0 Å². The van der Waals surface area contributed by atoms with E-state index in [1.165, 1.54) is 47.5 Å². The molecule has 1 aliphatic carbocycles. The number of nitrogens with one attached hydrogen (secondary N) is 1. The average Bonchev–Trinajstić information content (AvgIpc) is 2.39. The maximum absolute atomic E-state index is 3.73. The van der Waals surface area contributed by atoms with Crippen LogP contribution in [0.25, 0.3) is 0 Å². The first-order chi connectivity index (χ1) is 9.15. The fraction of sp³-hybridized carbons (Fsp3) is 0.647. The van der Waals surface area contributed by atoms with Gasteiger partial charge in [0.1, 0.15) is 0 Å². The molecule has 1 N–H and O–H groups in total. The van der Waals surface area contributed by atoms with E-state index in [9.17, 15) is 0 Å². The summed E-state index contributed by atoms with van der Waals surface area (Å²) in [4.78, 5) is 1.40. The predicted octanol–water partition coefficient (Wildman–Crippen LogP) is 4.56. The van der Waals surface area contributed by atoms with Crippen molar-refractivity contribution in [2.24, 2.45) is 5.92 Å². The van der Waals surface area contributed by atoms with Crippen molar-refractivity contribution in [1.29, 1.82) is 0 Å². The lowest BCUT2D eigenvalue weighted by Gasteiger charge is -2.27. The first-order valence-corrected chi connectivity index (χ1v) is 8.57. The minimum absolute atomic E-state index is 0.768. The Labute approximate surface area is 122 Å². The van der Waals surface area contributed by atoms with E-state index in [-0.39, 0.29) is 0 Å². The number of hydrogen-bond acceptors (Lipinski definition) is 2. The topological polar surface area (TPSA) is 12.0 Å². The summed E-state index contributed by atoms with van der Waals surface area (Å²) in [6, 6.07) is 7.55. The van der Waals surface area contributed by atoms with Crippen molar-refractivity contribution in [3.63, 3.8) is 0 Å². The van der Waals surface area contributed by atoms with Gasteiger partial charge in [-0.05, 0) is 55.9 Å². The molecule has 0 amide bonds. The average molecular weight is 277 g/mol. The van der Waals surface area contributed by atoms with Gasteiger partial charge in [-0.2, -0.15) is 0 Å². The molecule has 1 aromatic rings. The Bertz CT molecular complexity index is 402. The van der Waals surface area contributed by atoms with Gasteiger partial charge in [0.25, 0.3) is 0 Å². The minimum Gasteiger partial charge on any atom is -0.313 e. The summed E-state index contributed by atoms with van der Waals surface area (Å²) < 4.78 is 0. The standard InChI is InChI=1S/C17H27NS/c1-13-5-4-6-16(11-13)18-9-10-19-17-8-7-14(2)15(3)12-17/h7-8,12-13,16,18H,4-6,9-11H2,1-3H3. The highest BCUT2D eigenvalue weighted by Crippen LogP contribution is 2.24. The van der Waals surface area contributed by atoms with Gasteiger partial charge >= 0.3 is 0 Å². The van der Waals surface area contributed by atoms with E-state index in [2.05, 4.69) is 44.3 Å². The van der Waals surface area contributed by atoms with Gasteiger partial charge in [-0.25, -0.2) is 0 Å². The molecule has 0 bridgehead atoms. The van der Waals surface area contributed by atoms with Gasteiger partial charge in [-0.15, -0.1) is 11.8 Å². The number of benzene rings is 1. The lowest BCUT2D eigenvalue weighted by molar-refractivity contribution is 0.306. The number of thioether (sulfide) groups is 1. The Hall–Kier alpha value is -0.470. The summed E-state index contributed by atoms with van der Waals surface area (Å²) in [6.07, 6.45) is 5.58. The molecule has 19 heavy (non-hydrogen) atoms. The van der Waals surface area contributed by atoms with Gasteiger partial charge in [0.05, 0.1) is 0 Å². The van der Waals surface area contributed by atoms with Crippen LogP contribution in [0, 0.1) is 19.8 Å². The van der Waals surface area contributed by atoms with Gasteiger partial charge in [0, 0.05) is 23.2 Å². The molecule has 0 spiro atoms. The van der Waals surface area contributed by atoms with E-state index in [0.717, 1.165) is 18.5 Å². The van der Waals surface area contributed by atoms with E-state index in [1.807, 2.05) is 11.8 Å². The molecular formula is C17H27NS. The Kier molecular flexibility index (Phi) is 5.77. The zero-order valence-electron chi connectivity index (χ0n) is 12.5. The Morgan fingerprint density at radius 2 is 2.05 bits per heavy atom. The molecule has 0 saturated heterocycles. The molecule has 0 radical (unpaired) electrons. The van der Waals surface area contributed by atoms with E-state index in [4.69, 9.17) is 0 Å². The van der Waals surface area contributed by atoms with Gasteiger partial charge in [0.2, 0.25) is 0 Å². The molecule has 2 atom stereocenters. The highest BCUT2D eigenvalue weighted by Gasteiger charge is 2.17. The zero-order chi connectivity index (χ0) is 13.7. The number of rotatable bonds is 5. The molecule has 2 unspecified atom stereocenters. The SMILES string of the molecule is Cc1ccc(SCCNC2CCCC(C)C2)cc1C. The van der Waals surface area contributed by atoms with Crippen LogP contribution in [-0.2, 0) is 0 Å². The van der Waals surface area contributed by atoms with Crippen molar-refractivity contribution in [1.82, 2.24) is 5.32 Å². The summed E-state index contributed by atoms with van der Waals surface area (Å²) in [6.45, 7) is 7.89. The number of hydrogen-bond donors (Lipinski definition) is 1. The predicted molar refractivity (Wildman–Crippen MR) is 86.1 cm³/mol. The third-order valence-corrected chi connectivity index (χ3v) is 5.21. The largest absolute Gasteiger partial charge is 0.313 e. The summed E-state index contributed by atoms with van der Waals surface area (Å²) in [7, 11) is 0. The Balaban J connectivity index is 1.67. The van der Waals surface area contributed by atoms with Crippen LogP contribution in [-0.4, -0.2) is 18.3 Å². The second-order valence-electron chi connectivity index (χ2n) is 6.02. The third-order valence-electron chi connectivity index (χ3n) is 4.22. The second-order valence-corrected chi connectivity index (χ2v) is 7.19. The highest BCUT2D eigenvalue weighted by atomic mass is 32.2. The van der Waals surface area contributed by atoms with Gasteiger partial charge in [-0.3, -0.25) is 0 Å². The van der Waals surface area contributed by atoms with Crippen molar-refractivity contribution in [2.45, 2.75) is 57.4 Å². The Morgan fingerprint density at radius 1 is 1.21 bits per heavy atom. The zero-order valence-corrected chi connectivity index (χ0v) is 13.4. The van der Waals surface area contributed by atoms with Crippen LogP contribution in [0.3, 0.4) is 0 Å². The third kappa shape index (κ3) is 4.85. The molecule has 0 aliphatic heterocycles. The smallest absolute Gasteiger partial charge is 0.0106 e. The lowest BCUT2D eigenvalue weighted by Crippen LogP contribution is -2.34. The first-order valence-electron chi connectivity index (χ1n) is 7.58. The van der Waals surface area contributed by atoms with E-state index < -0.39 is 0 Å². The number of aryl methyl sites for hydroxylation is 2.